The van der Waals surface area contributed by atoms with Gasteiger partial charge in [0.2, 0.25) is 5.91 Å². The minimum absolute atomic E-state index is 0.318. The summed E-state index contributed by atoms with van der Waals surface area (Å²) in [6, 6.07) is 6.11. The summed E-state index contributed by atoms with van der Waals surface area (Å²) in [5, 5.41) is 2.60. The molecule has 2 heterocycles. The molecule has 1 amide bonds. The minimum atomic E-state index is -3.14. The van der Waals surface area contributed by atoms with Crippen molar-refractivity contribution in [2.75, 3.05) is 26.2 Å². The fourth-order valence-corrected chi connectivity index (χ4v) is 3.47. The zero-order valence-electron chi connectivity index (χ0n) is 15.2. The Morgan fingerprint density at radius 2 is 1.66 bits per heavy atom. The molecule has 1 aromatic carbocycles. The highest BCUT2D eigenvalue weighted by Gasteiger charge is 2.30. The second-order valence-corrected chi connectivity index (χ2v) is 7.00. The van der Waals surface area contributed by atoms with Gasteiger partial charge in [0.25, 0.3) is 12.9 Å². The number of carbonyl (C=O) groups excluding carboxylic acids is 1. The number of amides is 1. The first-order valence-corrected chi connectivity index (χ1v) is 9.21. The second-order valence-electron chi connectivity index (χ2n) is 6.63. The third kappa shape index (κ3) is 5.05. The summed E-state index contributed by atoms with van der Waals surface area (Å²) in [4.78, 5) is 16.0. The van der Waals surface area contributed by atoms with Crippen LogP contribution in [0.4, 0.5) is 22.0 Å². The smallest absolute Gasteiger partial charge is 0.283 e. The van der Waals surface area contributed by atoms with E-state index in [0.29, 0.717) is 37.4 Å². The molecule has 0 unspecified atom stereocenters. The van der Waals surface area contributed by atoms with E-state index in [1.807, 2.05) is 0 Å². The first kappa shape index (κ1) is 21.5. The van der Waals surface area contributed by atoms with Crippen molar-refractivity contribution in [3.05, 3.63) is 52.1 Å². The van der Waals surface area contributed by atoms with Crippen LogP contribution >= 0.6 is 11.6 Å². The molecule has 0 saturated carbocycles. The van der Waals surface area contributed by atoms with Crippen LogP contribution in [0.1, 0.15) is 29.8 Å². The molecule has 0 spiro atoms. The monoisotopic (exact) mass is 436 g/mol. The zero-order chi connectivity index (χ0) is 21.1. The number of hydrogen-bond acceptors (Lipinski definition) is 3. The Bertz CT molecular complexity index is 851. The summed E-state index contributed by atoms with van der Waals surface area (Å²) in [6.07, 6.45) is -6.26. The number of nitrogens with zero attached hydrogens (tertiary/aromatic N) is 4. The van der Waals surface area contributed by atoms with E-state index < -0.39 is 41.7 Å². The standard InChI is InChI=1S/C18H18ClF5N4O/c19-14-15(17(21)22)25-28(16(14)18(23)24)10-13(29)27-7-5-26(6-8-27)9-11-1-3-12(20)4-2-11/h1-4,17-18H,5-10H2. The Hall–Kier alpha value is -2.20. The van der Waals surface area contributed by atoms with Gasteiger partial charge in [-0.15, -0.1) is 0 Å². The predicted molar refractivity (Wildman–Crippen MR) is 95.4 cm³/mol. The van der Waals surface area contributed by atoms with E-state index in [-0.39, 0.29) is 5.82 Å². The lowest BCUT2D eigenvalue weighted by Crippen LogP contribution is -2.49. The van der Waals surface area contributed by atoms with E-state index >= 15 is 0 Å². The highest BCUT2D eigenvalue weighted by atomic mass is 35.5. The van der Waals surface area contributed by atoms with Gasteiger partial charge in [-0.3, -0.25) is 14.4 Å². The van der Waals surface area contributed by atoms with Gasteiger partial charge in [0, 0.05) is 32.7 Å². The van der Waals surface area contributed by atoms with Gasteiger partial charge in [-0.05, 0) is 17.7 Å². The van der Waals surface area contributed by atoms with Gasteiger partial charge in [0.05, 0.1) is 5.02 Å². The minimum Gasteiger partial charge on any atom is -0.339 e. The Labute approximate surface area is 168 Å². The molecule has 158 valence electrons. The maximum absolute atomic E-state index is 13.2. The Kier molecular flexibility index (Phi) is 6.74. The summed E-state index contributed by atoms with van der Waals surface area (Å²) < 4.78 is 65.7. The molecule has 11 heteroatoms. The normalized spacial score (nSPS) is 15.5. The number of piperazine rings is 1. The molecule has 0 N–H and O–H groups in total. The van der Waals surface area contributed by atoms with Gasteiger partial charge in [-0.2, -0.15) is 5.10 Å². The average Bonchev–Trinajstić information content (AvgIpc) is 3.00. The molecule has 2 aromatic rings. The molecule has 1 aliphatic heterocycles. The van der Waals surface area contributed by atoms with Crippen LogP contribution in [0.3, 0.4) is 0 Å². The van der Waals surface area contributed by atoms with Crippen molar-refractivity contribution < 1.29 is 26.7 Å². The second kappa shape index (κ2) is 9.08. The van der Waals surface area contributed by atoms with Crippen LogP contribution in [0, 0.1) is 5.82 Å². The molecule has 0 atom stereocenters. The van der Waals surface area contributed by atoms with E-state index in [1.165, 1.54) is 17.0 Å². The number of halogens is 6. The van der Waals surface area contributed by atoms with Crippen molar-refractivity contribution in [2.24, 2.45) is 0 Å². The van der Waals surface area contributed by atoms with Crippen molar-refractivity contribution in [1.29, 1.82) is 0 Å². The molecule has 1 aliphatic rings. The largest absolute Gasteiger partial charge is 0.339 e. The van der Waals surface area contributed by atoms with Crippen LogP contribution in [0.15, 0.2) is 24.3 Å². The van der Waals surface area contributed by atoms with Crippen LogP contribution < -0.4 is 0 Å². The van der Waals surface area contributed by atoms with Crippen molar-refractivity contribution in [3.8, 4) is 0 Å². The highest BCUT2D eigenvalue weighted by Crippen LogP contribution is 2.34. The molecule has 1 saturated heterocycles. The van der Waals surface area contributed by atoms with Crippen LogP contribution in [0.5, 0.6) is 0 Å². The maximum atomic E-state index is 13.2. The lowest BCUT2D eigenvalue weighted by molar-refractivity contribution is -0.134. The van der Waals surface area contributed by atoms with Gasteiger partial charge >= 0.3 is 0 Å². The van der Waals surface area contributed by atoms with Gasteiger partial charge in [-0.25, -0.2) is 22.0 Å². The van der Waals surface area contributed by atoms with Crippen molar-refractivity contribution in [1.82, 2.24) is 19.6 Å². The number of hydrogen-bond donors (Lipinski definition) is 0. The van der Waals surface area contributed by atoms with Crippen LogP contribution in [-0.2, 0) is 17.9 Å². The zero-order valence-corrected chi connectivity index (χ0v) is 15.9. The number of rotatable bonds is 6. The lowest BCUT2D eigenvalue weighted by Gasteiger charge is -2.34. The molecule has 0 radical (unpaired) electrons. The molecule has 0 aliphatic carbocycles. The van der Waals surface area contributed by atoms with Crippen molar-refractivity contribution in [3.63, 3.8) is 0 Å². The Balaban J connectivity index is 1.60. The average molecular weight is 437 g/mol. The topological polar surface area (TPSA) is 41.4 Å². The molecule has 1 aromatic heterocycles. The third-order valence-corrected chi connectivity index (χ3v) is 5.09. The van der Waals surface area contributed by atoms with E-state index in [0.717, 1.165) is 5.56 Å². The van der Waals surface area contributed by atoms with Crippen molar-refractivity contribution >= 4 is 17.5 Å². The van der Waals surface area contributed by atoms with Gasteiger partial charge in [0.15, 0.2) is 0 Å². The molecule has 0 bridgehead atoms. The third-order valence-electron chi connectivity index (χ3n) is 4.70. The van der Waals surface area contributed by atoms with Gasteiger partial charge < -0.3 is 4.90 Å². The Morgan fingerprint density at radius 1 is 1.03 bits per heavy atom. The Morgan fingerprint density at radius 3 is 2.21 bits per heavy atom. The number of aromatic nitrogens is 2. The summed E-state index contributed by atoms with van der Waals surface area (Å²) in [5.41, 5.74) is -0.914. The summed E-state index contributed by atoms with van der Waals surface area (Å²) in [7, 11) is 0. The SMILES string of the molecule is O=C(Cn1nc(C(F)F)c(Cl)c1C(F)F)N1CCN(Cc2ccc(F)cc2)CC1. The molecular weight excluding hydrogens is 419 g/mol. The highest BCUT2D eigenvalue weighted by molar-refractivity contribution is 6.32. The van der Waals surface area contributed by atoms with E-state index in [9.17, 15) is 26.7 Å². The summed E-state index contributed by atoms with van der Waals surface area (Å²) >= 11 is 5.60. The number of benzene rings is 1. The van der Waals surface area contributed by atoms with Gasteiger partial charge in [0.1, 0.15) is 23.7 Å². The van der Waals surface area contributed by atoms with E-state index in [4.69, 9.17) is 11.6 Å². The van der Waals surface area contributed by atoms with Crippen molar-refractivity contribution in [2.45, 2.75) is 25.9 Å². The fourth-order valence-electron chi connectivity index (χ4n) is 3.17. The maximum Gasteiger partial charge on any atom is 0.283 e. The quantitative estimate of drug-likeness (QED) is 0.645. The predicted octanol–water partition coefficient (Wildman–Crippen LogP) is 3.90. The lowest BCUT2D eigenvalue weighted by atomic mass is 10.2. The van der Waals surface area contributed by atoms with E-state index in [1.54, 1.807) is 12.1 Å². The fraction of sp³-hybridized carbons (Fsp3) is 0.444. The first-order valence-electron chi connectivity index (χ1n) is 8.83. The molecule has 3 rings (SSSR count). The summed E-state index contributed by atoms with van der Waals surface area (Å²) in [5.74, 6) is -0.825. The number of alkyl halides is 4. The molecule has 29 heavy (non-hydrogen) atoms. The number of carbonyl (C=O) groups is 1. The molecular formula is C18H18ClF5N4O. The van der Waals surface area contributed by atoms with Crippen LogP contribution in [-0.4, -0.2) is 51.7 Å². The van der Waals surface area contributed by atoms with Crippen LogP contribution in [0.2, 0.25) is 5.02 Å². The van der Waals surface area contributed by atoms with E-state index in [2.05, 4.69) is 10.00 Å². The molecule has 5 nitrogen and oxygen atoms in total. The summed E-state index contributed by atoms with van der Waals surface area (Å²) in [6.45, 7) is 1.76. The van der Waals surface area contributed by atoms with Gasteiger partial charge in [-0.1, -0.05) is 23.7 Å². The molecule has 1 fully saturated rings. The first-order chi connectivity index (χ1) is 13.8. The van der Waals surface area contributed by atoms with Crippen LogP contribution in [0.25, 0.3) is 0 Å².